The first-order valence-electron chi connectivity index (χ1n) is 8.88. The van der Waals surface area contributed by atoms with Gasteiger partial charge in [0.2, 0.25) is 0 Å². The molecule has 0 spiro atoms. The molecule has 0 fully saturated rings. The third kappa shape index (κ3) is 3.55. The molecule has 0 radical (unpaired) electrons. The first kappa shape index (κ1) is 17.6. The minimum absolute atomic E-state index is 0.741. The number of aromatic nitrogens is 5. The molecule has 1 aromatic carbocycles. The summed E-state index contributed by atoms with van der Waals surface area (Å²) < 4.78 is 9.51. The number of hydrogen-bond acceptors (Lipinski definition) is 5. The normalized spacial score (nSPS) is 11.2. The second kappa shape index (κ2) is 7.44. The molecule has 4 rings (SSSR count). The quantitative estimate of drug-likeness (QED) is 0.456. The zero-order valence-electron chi connectivity index (χ0n) is 15.6. The van der Waals surface area contributed by atoms with Crippen molar-refractivity contribution in [3.05, 3.63) is 65.7 Å². The van der Waals surface area contributed by atoms with Crippen LogP contribution in [0.2, 0.25) is 0 Å². The van der Waals surface area contributed by atoms with Gasteiger partial charge >= 0.3 is 0 Å². The van der Waals surface area contributed by atoms with Crippen LogP contribution in [0.25, 0.3) is 17.3 Å². The summed E-state index contributed by atoms with van der Waals surface area (Å²) in [7, 11) is 0. The molecule has 3 aromatic heterocycles. The molecule has 27 heavy (non-hydrogen) atoms. The molecule has 0 saturated heterocycles. The van der Waals surface area contributed by atoms with Crippen LogP contribution in [-0.4, -0.2) is 24.5 Å². The van der Waals surface area contributed by atoms with Crippen molar-refractivity contribution in [3.63, 3.8) is 0 Å². The first-order valence-corrected chi connectivity index (χ1v) is 9.86. The van der Waals surface area contributed by atoms with Gasteiger partial charge in [-0.05, 0) is 56.7 Å². The standard InChI is InChI=1S/C20H21N5OS/c1-4-24-19(18-6-5-11-26-18)21-22-20(24)27-13-16-7-9-17(10-8-16)25-15(3)12-14(2)23-25/h5-12H,4,13H2,1-3H3. The first-order chi connectivity index (χ1) is 13.2. The van der Waals surface area contributed by atoms with E-state index in [1.165, 1.54) is 5.56 Å². The van der Waals surface area contributed by atoms with Gasteiger partial charge in [-0.25, -0.2) is 4.68 Å². The topological polar surface area (TPSA) is 61.7 Å². The lowest BCUT2D eigenvalue weighted by atomic mass is 10.2. The van der Waals surface area contributed by atoms with E-state index in [-0.39, 0.29) is 0 Å². The molecule has 0 N–H and O–H groups in total. The predicted octanol–water partition coefficient (Wildman–Crippen LogP) is 4.65. The molecule has 3 heterocycles. The molecule has 7 heteroatoms. The number of nitrogens with zero attached hydrogens (tertiary/aromatic N) is 5. The van der Waals surface area contributed by atoms with E-state index >= 15 is 0 Å². The molecular weight excluding hydrogens is 358 g/mol. The molecule has 0 unspecified atom stereocenters. The zero-order valence-corrected chi connectivity index (χ0v) is 16.4. The average Bonchev–Trinajstić information content (AvgIpc) is 3.39. The number of aryl methyl sites for hydroxylation is 2. The maximum Gasteiger partial charge on any atom is 0.200 e. The summed E-state index contributed by atoms with van der Waals surface area (Å²) in [5.41, 5.74) is 4.47. The molecule has 6 nitrogen and oxygen atoms in total. The smallest absolute Gasteiger partial charge is 0.200 e. The molecule has 0 atom stereocenters. The van der Waals surface area contributed by atoms with E-state index in [1.807, 2.05) is 23.7 Å². The summed E-state index contributed by atoms with van der Waals surface area (Å²) in [4.78, 5) is 0. The molecule has 0 aliphatic carbocycles. The van der Waals surface area contributed by atoms with Gasteiger partial charge in [-0.3, -0.25) is 4.57 Å². The molecule has 0 saturated carbocycles. The van der Waals surface area contributed by atoms with E-state index in [9.17, 15) is 0 Å². The van der Waals surface area contributed by atoms with Crippen LogP contribution < -0.4 is 0 Å². The minimum atomic E-state index is 0.741. The number of benzene rings is 1. The van der Waals surface area contributed by atoms with E-state index in [4.69, 9.17) is 4.42 Å². The molecule has 138 valence electrons. The zero-order chi connectivity index (χ0) is 18.8. The number of rotatable bonds is 6. The van der Waals surface area contributed by atoms with Gasteiger partial charge in [0.15, 0.2) is 16.7 Å². The molecule has 0 aliphatic rings. The Balaban J connectivity index is 1.49. The predicted molar refractivity (Wildman–Crippen MR) is 106 cm³/mol. The van der Waals surface area contributed by atoms with Crippen LogP contribution in [0.15, 0.2) is 58.3 Å². The van der Waals surface area contributed by atoms with Crippen LogP contribution in [0, 0.1) is 13.8 Å². The molecule has 0 bridgehead atoms. The van der Waals surface area contributed by atoms with Gasteiger partial charge in [0.05, 0.1) is 17.6 Å². The number of furan rings is 1. The summed E-state index contributed by atoms with van der Waals surface area (Å²) in [5, 5.41) is 14.1. The summed E-state index contributed by atoms with van der Waals surface area (Å²) in [6.07, 6.45) is 1.65. The van der Waals surface area contributed by atoms with E-state index < -0.39 is 0 Å². The summed E-state index contributed by atoms with van der Waals surface area (Å²) in [6.45, 7) is 6.96. The van der Waals surface area contributed by atoms with E-state index in [2.05, 4.69) is 64.0 Å². The van der Waals surface area contributed by atoms with Gasteiger partial charge in [-0.1, -0.05) is 23.9 Å². The van der Waals surface area contributed by atoms with Crippen LogP contribution in [0.3, 0.4) is 0 Å². The summed E-state index contributed by atoms with van der Waals surface area (Å²) in [6, 6.07) is 14.3. The van der Waals surface area contributed by atoms with Crippen molar-refractivity contribution in [1.82, 2.24) is 24.5 Å². The van der Waals surface area contributed by atoms with Crippen molar-refractivity contribution in [2.24, 2.45) is 0 Å². The van der Waals surface area contributed by atoms with Crippen molar-refractivity contribution < 1.29 is 4.42 Å². The molecule has 0 aliphatic heterocycles. The van der Waals surface area contributed by atoms with Crippen LogP contribution in [0.4, 0.5) is 0 Å². The SMILES string of the molecule is CCn1c(SCc2ccc(-n3nc(C)cc3C)cc2)nnc1-c1ccco1. The second-order valence-corrected chi connectivity index (χ2v) is 7.26. The van der Waals surface area contributed by atoms with Crippen LogP contribution in [-0.2, 0) is 12.3 Å². The highest BCUT2D eigenvalue weighted by Gasteiger charge is 2.15. The van der Waals surface area contributed by atoms with Crippen LogP contribution in [0.5, 0.6) is 0 Å². The maximum atomic E-state index is 5.46. The highest BCUT2D eigenvalue weighted by Crippen LogP contribution is 2.27. The highest BCUT2D eigenvalue weighted by atomic mass is 32.2. The third-order valence-corrected chi connectivity index (χ3v) is 5.37. The number of thioether (sulfide) groups is 1. The van der Waals surface area contributed by atoms with E-state index in [1.54, 1.807) is 18.0 Å². The molecule has 0 amide bonds. The lowest BCUT2D eigenvalue weighted by molar-refractivity contribution is 0.567. The lowest BCUT2D eigenvalue weighted by Gasteiger charge is -2.07. The third-order valence-electron chi connectivity index (χ3n) is 4.33. The van der Waals surface area contributed by atoms with Crippen molar-refractivity contribution in [2.45, 2.75) is 38.2 Å². The Kier molecular flexibility index (Phi) is 4.85. The second-order valence-electron chi connectivity index (χ2n) is 6.32. The Bertz CT molecular complexity index is 1030. The largest absolute Gasteiger partial charge is 0.461 e. The fourth-order valence-electron chi connectivity index (χ4n) is 3.04. The van der Waals surface area contributed by atoms with Gasteiger partial charge in [-0.15, -0.1) is 10.2 Å². The Hall–Kier alpha value is -2.80. The fraction of sp³-hybridized carbons (Fsp3) is 0.250. The average molecular weight is 379 g/mol. The van der Waals surface area contributed by atoms with Crippen molar-refractivity contribution >= 4 is 11.8 Å². The van der Waals surface area contributed by atoms with Crippen molar-refractivity contribution in [2.75, 3.05) is 0 Å². The van der Waals surface area contributed by atoms with Crippen molar-refractivity contribution in [1.29, 1.82) is 0 Å². The van der Waals surface area contributed by atoms with Gasteiger partial charge in [0.25, 0.3) is 0 Å². The van der Waals surface area contributed by atoms with Crippen LogP contribution in [0.1, 0.15) is 23.9 Å². The molecule has 4 aromatic rings. The monoisotopic (exact) mass is 379 g/mol. The summed E-state index contributed by atoms with van der Waals surface area (Å²) >= 11 is 1.68. The van der Waals surface area contributed by atoms with Crippen molar-refractivity contribution in [3.8, 4) is 17.3 Å². The molecular formula is C20H21N5OS. The van der Waals surface area contributed by atoms with Gasteiger partial charge < -0.3 is 4.42 Å². The van der Waals surface area contributed by atoms with E-state index in [0.717, 1.165) is 46.1 Å². The maximum absolute atomic E-state index is 5.46. The summed E-state index contributed by atoms with van der Waals surface area (Å²) in [5.74, 6) is 2.34. The Morgan fingerprint density at radius 1 is 1.07 bits per heavy atom. The highest BCUT2D eigenvalue weighted by molar-refractivity contribution is 7.98. The minimum Gasteiger partial charge on any atom is -0.461 e. The fourth-order valence-corrected chi connectivity index (χ4v) is 4.00. The Morgan fingerprint density at radius 2 is 1.89 bits per heavy atom. The van der Waals surface area contributed by atoms with E-state index in [0.29, 0.717) is 0 Å². The Labute approximate surface area is 162 Å². The Morgan fingerprint density at radius 3 is 2.52 bits per heavy atom. The van der Waals surface area contributed by atoms with Gasteiger partial charge in [0, 0.05) is 18.0 Å². The van der Waals surface area contributed by atoms with Gasteiger partial charge in [-0.2, -0.15) is 5.10 Å². The van der Waals surface area contributed by atoms with Crippen LogP contribution >= 0.6 is 11.8 Å². The van der Waals surface area contributed by atoms with Gasteiger partial charge in [0.1, 0.15) is 0 Å². The number of hydrogen-bond donors (Lipinski definition) is 0. The lowest BCUT2D eigenvalue weighted by Crippen LogP contribution is -2.00.